The number of aliphatic hydroxyl groups is 1. The fourth-order valence-electron chi connectivity index (χ4n) is 1.78. The van der Waals surface area contributed by atoms with E-state index in [4.69, 9.17) is 0 Å². The summed E-state index contributed by atoms with van der Waals surface area (Å²) in [5, 5.41) is 9.52. The van der Waals surface area contributed by atoms with Crippen LogP contribution in [0.15, 0.2) is 12.5 Å². The Morgan fingerprint density at radius 2 is 2.13 bits per heavy atom. The van der Waals surface area contributed by atoms with Gasteiger partial charge in [-0.15, -0.1) is 0 Å². The summed E-state index contributed by atoms with van der Waals surface area (Å²) in [5.41, 5.74) is 0.712. The molecular weight excluding hydrogens is 209 g/mol. The van der Waals surface area contributed by atoms with Crippen molar-refractivity contribution < 1.29 is 18.3 Å². The van der Waals surface area contributed by atoms with Gasteiger partial charge in [-0.25, -0.2) is 9.97 Å². The summed E-state index contributed by atoms with van der Waals surface area (Å²) in [5.74, 6) is -1.50. The molecule has 1 aromatic heterocycles. The van der Waals surface area contributed by atoms with Crippen LogP contribution in [-0.2, 0) is 6.42 Å². The van der Waals surface area contributed by atoms with E-state index in [0.29, 0.717) is 11.3 Å². The van der Waals surface area contributed by atoms with Gasteiger partial charge in [0, 0.05) is 18.2 Å². The van der Waals surface area contributed by atoms with Crippen molar-refractivity contribution in [3.05, 3.63) is 23.8 Å². The molecule has 15 heavy (non-hydrogen) atoms. The summed E-state index contributed by atoms with van der Waals surface area (Å²) in [4.78, 5) is 7.45. The lowest BCUT2D eigenvalue weighted by atomic mass is 9.85. The number of nitrogens with zero attached hydrogens (tertiary/aromatic N) is 2. The highest BCUT2D eigenvalue weighted by Crippen LogP contribution is 2.40. The van der Waals surface area contributed by atoms with E-state index in [-0.39, 0.29) is 12.8 Å². The van der Waals surface area contributed by atoms with Crippen molar-refractivity contribution >= 4 is 0 Å². The molecule has 6 heteroatoms. The molecule has 2 atom stereocenters. The fourth-order valence-corrected chi connectivity index (χ4v) is 1.78. The van der Waals surface area contributed by atoms with Gasteiger partial charge in [0.25, 0.3) is 0 Å². The van der Waals surface area contributed by atoms with Crippen LogP contribution in [0.5, 0.6) is 0 Å². The molecule has 1 aliphatic rings. The van der Waals surface area contributed by atoms with Gasteiger partial charge in [-0.3, -0.25) is 0 Å². The van der Waals surface area contributed by atoms with Gasteiger partial charge in [0.05, 0.1) is 17.7 Å². The lowest BCUT2D eigenvalue weighted by Gasteiger charge is -2.28. The molecule has 0 saturated carbocycles. The SMILES string of the molecule is O[C@H]1C[C@@H](C(F)(F)F)Cc2ncncc21. The third kappa shape index (κ3) is 1.94. The van der Waals surface area contributed by atoms with Crippen molar-refractivity contribution in [2.45, 2.75) is 25.1 Å². The Morgan fingerprint density at radius 3 is 2.80 bits per heavy atom. The second kappa shape index (κ2) is 3.44. The smallest absolute Gasteiger partial charge is 0.388 e. The Morgan fingerprint density at radius 1 is 1.40 bits per heavy atom. The highest BCUT2D eigenvalue weighted by molar-refractivity contribution is 5.22. The Bertz CT molecular complexity index is 367. The normalized spacial score (nSPS) is 26.1. The number of aromatic nitrogens is 2. The quantitative estimate of drug-likeness (QED) is 0.719. The van der Waals surface area contributed by atoms with Crippen LogP contribution in [0.25, 0.3) is 0 Å². The minimum atomic E-state index is -4.27. The zero-order valence-electron chi connectivity index (χ0n) is 7.70. The lowest BCUT2D eigenvalue weighted by molar-refractivity contribution is -0.184. The van der Waals surface area contributed by atoms with Gasteiger partial charge in [0.1, 0.15) is 6.33 Å². The average Bonchev–Trinajstić information content (AvgIpc) is 2.16. The minimum Gasteiger partial charge on any atom is -0.388 e. The van der Waals surface area contributed by atoms with E-state index in [2.05, 4.69) is 9.97 Å². The van der Waals surface area contributed by atoms with Crippen molar-refractivity contribution in [3.8, 4) is 0 Å². The van der Waals surface area contributed by atoms with Gasteiger partial charge < -0.3 is 5.11 Å². The predicted molar refractivity (Wildman–Crippen MR) is 44.9 cm³/mol. The van der Waals surface area contributed by atoms with Gasteiger partial charge >= 0.3 is 6.18 Å². The molecule has 1 N–H and O–H groups in total. The van der Waals surface area contributed by atoms with Crippen molar-refractivity contribution in [2.24, 2.45) is 5.92 Å². The molecular formula is C9H9F3N2O. The second-order valence-corrected chi connectivity index (χ2v) is 3.62. The lowest BCUT2D eigenvalue weighted by Crippen LogP contribution is -2.31. The van der Waals surface area contributed by atoms with Gasteiger partial charge in [0.2, 0.25) is 0 Å². The molecule has 0 aromatic carbocycles. The van der Waals surface area contributed by atoms with Crippen LogP contribution in [0.2, 0.25) is 0 Å². The number of halogens is 3. The van der Waals surface area contributed by atoms with E-state index in [1.165, 1.54) is 12.5 Å². The van der Waals surface area contributed by atoms with E-state index in [9.17, 15) is 18.3 Å². The molecule has 1 aliphatic carbocycles. The Balaban J connectivity index is 2.30. The molecule has 1 heterocycles. The van der Waals surface area contributed by atoms with Crippen molar-refractivity contribution in [3.63, 3.8) is 0 Å². The molecule has 0 bridgehead atoms. The molecule has 3 nitrogen and oxygen atoms in total. The molecule has 0 aliphatic heterocycles. The first-order chi connectivity index (χ1) is 6.98. The molecule has 0 amide bonds. The monoisotopic (exact) mass is 218 g/mol. The Kier molecular flexibility index (Phi) is 2.38. The summed E-state index contributed by atoms with van der Waals surface area (Å²) in [6, 6.07) is 0. The zero-order chi connectivity index (χ0) is 11.1. The molecule has 0 spiro atoms. The van der Waals surface area contributed by atoms with Crippen LogP contribution in [0, 0.1) is 5.92 Å². The zero-order valence-corrected chi connectivity index (χ0v) is 7.70. The van der Waals surface area contributed by atoms with Crippen molar-refractivity contribution in [2.75, 3.05) is 0 Å². The number of rotatable bonds is 0. The summed E-state index contributed by atoms with van der Waals surface area (Å²) in [6.45, 7) is 0. The highest BCUT2D eigenvalue weighted by atomic mass is 19.4. The van der Waals surface area contributed by atoms with Crippen LogP contribution in [-0.4, -0.2) is 21.3 Å². The van der Waals surface area contributed by atoms with E-state index in [1.807, 2.05) is 0 Å². The standard InChI is InChI=1S/C9H9F3N2O/c10-9(11,12)5-1-7-6(8(15)2-5)3-13-4-14-7/h3-5,8,15H,1-2H2/t5-,8-/m0/s1. The topological polar surface area (TPSA) is 46.0 Å². The third-order valence-corrected chi connectivity index (χ3v) is 2.60. The number of hydrogen-bond acceptors (Lipinski definition) is 3. The molecule has 0 radical (unpaired) electrons. The van der Waals surface area contributed by atoms with Gasteiger partial charge in [-0.05, 0) is 6.42 Å². The second-order valence-electron chi connectivity index (χ2n) is 3.62. The molecule has 0 saturated heterocycles. The summed E-state index contributed by atoms with van der Waals surface area (Å²) < 4.78 is 37.4. The first-order valence-corrected chi connectivity index (χ1v) is 4.52. The van der Waals surface area contributed by atoms with Crippen molar-refractivity contribution in [1.82, 2.24) is 9.97 Å². The molecule has 0 fully saturated rings. The molecule has 0 unspecified atom stereocenters. The first-order valence-electron chi connectivity index (χ1n) is 4.52. The van der Waals surface area contributed by atoms with Crippen LogP contribution in [0.3, 0.4) is 0 Å². The minimum absolute atomic E-state index is 0.168. The van der Waals surface area contributed by atoms with Gasteiger partial charge in [-0.2, -0.15) is 13.2 Å². The van der Waals surface area contributed by atoms with Crippen LogP contribution >= 0.6 is 0 Å². The van der Waals surface area contributed by atoms with Crippen LogP contribution in [0.1, 0.15) is 23.8 Å². The first kappa shape index (κ1) is 10.4. The molecule has 1 aromatic rings. The van der Waals surface area contributed by atoms with E-state index >= 15 is 0 Å². The maximum absolute atomic E-state index is 12.5. The van der Waals surface area contributed by atoms with Gasteiger partial charge in [0.15, 0.2) is 0 Å². The number of hydrogen-bond donors (Lipinski definition) is 1. The maximum Gasteiger partial charge on any atom is 0.392 e. The highest BCUT2D eigenvalue weighted by Gasteiger charge is 2.44. The van der Waals surface area contributed by atoms with Crippen LogP contribution in [0.4, 0.5) is 13.2 Å². The maximum atomic E-state index is 12.5. The van der Waals surface area contributed by atoms with Crippen molar-refractivity contribution in [1.29, 1.82) is 0 Å². The third-order valence-electron chi connectivity index (χ3n) is 2.60. The fraction of sp³-hybridized carbons (Fsp3) is 0.556. The number of fused-ring (bicyclic) bond motifs is 1. The predicted octanol–water partition coefficient (Wildman–Crippen LogP) is 1.63. The van der Waals surface area contributed by atoms with Crippen LogP contribution < -0.4 is 0 Å². The van der Waals surface area contributed by atoms with Gasteiger partial charge in [-0.1, -0.05) is 0 Å². The van der Waals surface area contributed by atoms with E-state index < -0.39 is 18.2 Å². The summed E-state index contributed by atoms with van der Waals surface area (Å²) in [7, 11) is 0. The van der Waals surface area contributed by atoms with E-state index in [0.717, 1.165) is 0 Å². The Labute approximate surface area is 84.0 Å². The number of aliphatic hydroxyl groups excluding tert-OH is 1. The van der Waals surface area contributed by atoms with E-state index in [1.54, 1.807) is 0 Å². The number of alkyl halides is 3. The Hall–Kier alpha value is -1.17. The molecule has 2 rings (SSSR count). The average molecular weight is 218 g/mol. The summed E-state index contributed by atoms with van der Waals surface area (Å²) in [6.07, 6.45) is -3.28. The largest absolute Gasteiger partial charge is 0.392 e. The summed E-state index contributed by atoms with van der Waals surface area (Å²) >= 11 is 0. The molecule has 82 valence electrons.